The molecule has 1 aliphatic rings. The van der Waals surface area contributed by atoms with Gasteiger partial charge in [-0.3, -0.25) is 11.3 Å². The number of ether oxygens (including phenoxy) is 1. The Kier molecular flexibility index (Phi) is 5.58. The summed E-state index contributed by atoms with van der Waals surface area (Å²) >= 11 is 0. The molecule has 0 radical (unpaired) electrons. The molecule has 3 heteroatoms. The average Bonchev–Trinajstić information content (AvgIpc) is 3.00. The third-order valence-electron chi connectivity index (χ3n) is 3.21. The molecule has 1 fully saturated rings. The lowest BCUT2D eigenvalue weighted by Crippen LogP contribution is -2.47. The molecule has 0 heterocycles. The predicted octanol–water partition coefficient (Wildman–Crippen LogP) is 2.07. The van der Waals surface area contributed by atoms with Gasteiger partial charge in [0.05, 0.1) is 6.10 Å². The number of hydrogen-bond acceptors (Lipinski definition) is 3. The van der Waals surface area contributed by atoms with Crippen molar-refractivity contribution in [2.24, 2.45) is 17.7 Å². The third kappa shape index (κ3) is 4.49. The molecule has 0 bridgehead atoms. The Hall–Kier alpha value is -0.120. The fourth-order valence-electron chi connectivity index (χ4n) is 2.13. The summed E-state index contributed by atoms with van der Waals surface area (Å²) in [6.45, 7) is 7.21. The van der Waals surface area contributed by atoms with Crippen LogP contribution in [0.2, 0.25) is 0 Å². The zero-order valence-electron chi connectivity index (χ0n) is 10.3. The van der Waals surface area contributed by atoms with E-state index >= 15 is 0 Å². The van der Waals surface area contributed by atoms with Gasteiger partial charge in [-0.25, -0.2) is 0 Å². The molecule has 15 heavy (non-hydrogen) atoms. The predicted molar refractivity (Wildman–Crippen MR) is 63.3 cm³/mol. The Bertz CT molecular complexity index is 169. The monoisotopic (exact) mass is 214 g/mol. The molecule has 3 N–H and O–H groups in total. The van der Waals surface area contributed by atoms with Crippen molar-refractivity contribution in [1.29, 1.82) is 0 Å². The molecule has 0 amide bonds. The van der Waals surface area contributed by atoms with Crippen molar-refractivity contribution in [3.05, 3.63) is 0 Å². The highest BCUT2D eigenvalue weighted by Gasteiger charge is 2.27. The van der Waals surface area contributed by atoms with Gasteiger partial charge in [0.25, 0.3) is 0 Å². The largest absolute Gasteiger partial charge is 0.377 e. The number of rotatable bonds is 8. The fraction of sp³-hybridized carbons (Fsp3) is 1.00. The zero-order chi connectivity index (χ0) is 11.3. The summed E-state index contributed by atoms with van der Waals surface area (Å²) in [4.78, 5) is 0. The lowest BCUT2D eigenvalue weighted by atomic mass is 9.95. The van der Waals surface area contributed by atoms with E-state index in [1.165, 1.54) is 19.3 Å². The minimum atomic E-state index is 0.249. The first kappa shape index (κ1) is 12.9. The van der Waals surface area contributed by atoms with Crippen LogP contribution >= 0.6 is 0 Å². The lowest BCUT2D eigenvalue weighted by Gasteiger charge is -2.29. The Morgan fingerprint density at radius 3 is 2.47 bits per heavy atom. The fourth-order valence-corrected chi connectivity index (χ4v) is 2.13. The van der Waals surface area contributed by atoms with Crippen molar-refractivity contribution in [2.75, 3.05) is 6.61 Å². The average molecular weight is 214 g/mol. The van der Waals surface area contributed by atoms with Gasteiger partial charge in [-0.1, -0.05) is 26.7 Å². The van der Waals surface area contributed by atoms with E-state index < -0.39 is 0 Å². The number of hydrogen-bond donors (Lipinski definition) is 2. The molecule has 1 saturated carbocycles. The van der Waals surface area contributed by atoms with Gasteiger partial charge < -0.3 is 4.74 Å². The molecule has 3 nitrogen and oxygen atoms in total. The van der Waals surface area contributed by atoms with Crippen LogP contribution in [0.15, 0.2) is 0 Å². The quantitative estimate of drug-likeness (QED) is 0.480. The van der Waals surface area contributed by atoms with Gasteiger partial charge in [-0.2, -0.15) is 0 Å². The maximum absolute atomic E-state index is 5.77. The van der Waals surface area contributed by atoms with Crippen LogP contribution in [0.5, 0.6) is 0 Å². The maximum atomic E-state index is 5.77. The molecule has 0 aliphatic heterocycles. The molecule has 90 valence electrons. The summed E-state index contributed by atoms with van der Waals surface area (Å²) in [5.41, 5.74) is 2.93. The summed E-state index contributed by atoms with van der Waals surface area (Å²) in [6, 6.07) is 0.311. The Labute approximate surface area is 93.7 Å². The van der Waals surface area contributed by atoms with Gasteiger partial charge in [0.2, 0.25) is 0 Å². The molecule has 0 aromatic heterocycles. The topological polar surface area (TPSA) is 47.3 Å². The summed E-state index contributed by atoms with van der Waals surface area (Å²) in [7, 11) is 0. The summed E-state index contributed by atoms with van der Waals surface area (Å²) < 4.78 is 5.77. The van der Waals surface area contributed by atoms with Gasteiger partial charge in [-0.05, 0) is 31.6 Å². The highest BCUT2D eigenvalue weighted by atomic mass is 16.5. The van der Waals surface area contributed by atoms with Crippen molar-refractivity contribution >= 4 is 0 Å². The smallest absolute Gasteiger partial charge is 0.0764 e. The summed E-state index contributed by atoms with van der Waals surface area (Å²) in [5.74, 6) is 7.10. The zero-order valence-corrected chi connectivity index (χ0v) is 10.3. The van der Waals surface area contributed by atoms with Crippen molar-refractivity contribution in [3.8, 4) is 0 Å². The first-order chi connectivity index (χ1) is 7.19. The number of nitrogens with two attached hydrogens (primary N) is 1. The lowest BCUT2D eigenvalue weighted by molar-refractivity contribution is 0.000687. The molecular formula is C12H26N2O. The van der Waals surface area contributed by atoms with Crippen LogP contribution in [0.25, 0.3) is 0 Å². The first-order valence-electron chi connectivity index (χ1n) is 6.26. The van der Waals surface area contributed by atoms with Crippen LogP contribution < -0.4 is 11.3 Å². The first-order valence-corrected chi connectivity index (χ1v) is 6.26. The van der Waals surface area contributed by atoms with E-state index in [1.807, 2.05) is 6.92 Å². The van der Waals surface area contributed by atoms with Crippen LogP contribution in [0.3, 0.4) is 0 Å². The van der Waals surface area contributed by atoms with Crippen LogP contribution in [-0.4, -0.2) is 18.8 Å². The second-order valence-corrected chi connectivity index (χ2v) is 4.96. The van der Waals surface area contributed by atoms with Gasteiger partial charge in [-0.15, -0.1) is 0 Å². The SMILES string of the molecule is CCOC(C(C)C)C(CCC1CC1)NN. The molecule has 1 rings (SSSR count). The summed E-state index contributed by atoms with van der Waals surface area (Å²) in [5, 5.41) is 0. The highest BCUT2D eigenvalue weighted by molar-refractivity contribution is 4.82. The molecule has 2 atom stereocenters. The Balaban J connectivity index is 2.35. The molecule has 0 spiro atoms. The molecule has 0 saturated heterocycles. The normalized spacial score (nSPS) is 20.6. The Morgan fingerprint density at radius 2 is 2.07 bits per heavy atom. The van der Waals surface area contributed by atoms with Crippen LogP contribution in [0.4, 0.5) is 0 Å². The number of hydrazine groups is 1. The molecule has 1 aliphatic carbocycles. The second-order valence-electron chi connectivity index (χ2n) is 4.96. The third-order valence-corrected chi connectivity index (χ3v) is 3.21. The summed E-state index contributed by atoms with van der Waals surface area (Å²) in [6.07, 6.45) is 5.52. The van der Waals surface area contributed by atoms with Crippen LogP contribution in [-0.2, 0) is 4.74 Å². The van der Waals surface area contributed by atoms with Gasteiger partial charge >= 0.3 is 0 Å². The van der Waals surface area contributed by atoms with Gasteiger partial charge in [0.15, 0.2) is 0 Å². The maximum Gasteiger partial charge on any atom is 0.0764 e. The van der Waals surface area contributed by atoms with E-state index in [4.69, 9.17) is 10.6 Å². The van der Waals surface area contributed by atoms with Gasteiger partial charge in [0.1, 0.15) is 0 Å². The van der Waals surface area contributed by atoms with E-state index in [2.05, 4.69) is 19.3 Å². The van der Waals surface area contributed by atoms with E-state index in [9.17, 15) is 0 Å². The molecule has 2 unspecified atom stereocenters. The molecule has 0 aromatic rings. The van der Waals surface area contributed by atoms with Crippen molar-refractivity contribution in [3.63, 3.8) is 0 Å². The van der Waals surface area contributed by atoms with E-state index in [-0.39, 0.29) is 6.10 Å². The van der Waals surface area contributed by atoms with Crippen molar-refractivity contribution < 1.29 is 4.74 Å². The highest BCUT2D eigenvalue weighted by Crippen LogP contribution is 2.34. The van der Waals surface area contributed by atoms with E-state index in [0.717, 1.165) is 18.9 Å². The van der Waals surface area contributed by atoms with Gasteiger partial charge in [0, 0.05) is 12.6 Å². The van der Waals surface area contributed by atoms with Crippen LogP contribution in [0.1, 0.15) is 46.5 Å². The number of nitrogens with one attached hydrogen (secondary N) is 1. The standard InChI is InChI=1S/C12H26N2O/c1-4-15-12(9(2)3)11(14-13)8-7-10-5-6-10/h9-12,14H,4-8,13H2,1-3H3. The minimum Gasteiger partial charge on any atom is -0.377 e. The van der Waals surface area contributed by atoms with E-state index in [1.54, 1.807) is 0 Å². The molecular weight excluding hydrogens is 188 g/mol. The van der Waals surface area contributed by atoms with E-state index in [0.29, 0.717) is 12.0 Å². The Morgan fingerprint density at radius 1 is 1.40 bits per heavy atom. The second kappa shape index (κ2) is 6.46. The molecule has 0 aromatic carbocycles. The van der Waals surface area contributed by atoms with Crippen molar-refractivity contribution in [1.82, 2.24) is 5.43 Å². The van der Waals surface area contributed by atoms with Crippen molar-refractivity contribution in [2.45, 2.75) is 58.6 Å². The minimum absolute atomic E-state index is 0.249. The van der Waals surface area contributed by atoms with Crippen LogP contribution in [0, 0.1) is 11.8 Å².